The van der Waals surface area contributed by atoms with Gasteiger partial charge in [0.25, 0.3) is 0 Å². The van der Waals surface area contributed by atoms with Crippen molar-refractivity contribution in [1.82, 2.24) is 5.32 Å². The Morgan fingerprint density at radius 2 is 1.94 bits per heavy atom. The predicted octanol–water partition coefficient (Wildman–Crippen LogP) is 1.93. The molecule has 1 aromatic rings. The average molecular weight is 251 g/mol. The maximum absolute atomic E-state index is 5.56. The monoisotopic (exact) mass is 251 g/mol. The summed E-state index contributed by atoms with van der Waals surface area (Å²) in [6.07, 6.45) is 1.14. The molecule has 0 aliphatic carbocycles. The zero-order valence-corrected chi connectivity index (χ0v) is 11.3. The van der Waals surface area contributed by atoms with Crippen LogP contribution in [0.3, 0.4) is 0 Å². The molecule has 2 rings (SSSR count). The molecule has 0 bridgehead atoms. The molecular formula is C14H21NO3. The first-order valence-electron chi connectivity index (χ1n) is 6.25. The Kier molecular flexibility index (Phi) is 4.44. The first kappa shape index (κ1) is 13.2. The minimum atomic E-state index is 0.505. The van der Waals surface area contributed by atoms with Crippen LogP contribution in [-0.4, -0.2) is 34.4 Å². The van der Waals surface area contributed by atoms with E-state index in [1.165, 1.54) is 5.56 Å². The van der Waals surface area contributed by atoms with Crippen LogP contribution < -0.4 is 14.8 Å². The molecule has 4 nitrogen and oxygen atoms in total. The molecule has 0 saturated carbocycles. The molecule has 1 aliphatic heterocycles. The highest BCUT2D eigenvalue weighted by Gasteiger charge is 2.23. The lowest BCUT2D eigenvalue weighted by molar-refractivity contribution is 0.180. The van der Waals surface area contributed by atoms with Crippen LogP contribution in [0.15, 0.2) is 12.1 Å². The summed E-state index contributed by atoms with van der Waals surface area (Å²) in [6, 6.07) is 4.20. The quantitative estimate of drug-likeness (QED) is 0.868. The zero-order valence-electron chi connectivity index (χ0n) is 11.3. The van der Waals surface area contributed by atoms with E-state index in [-0.39, 0.29) is 0 Å². The normalized spacial score (nSPS) is 18.9. The van der Waals surface area contributed by atoms with Crippen molar-refractivity contribution < 1.29 is 14.2 Å². The lowest BCUT2D eigenvalue weighted by Crippen LogP contribution is -2.09. The van der Waals surface area contributed by atoms with Crippen LogP contribution in [0.5, 0.6) is 11.5 Å². The molecule has 0 aromatic heterocycles. The summed E-state index contributed by atoms with van der Waals surface area (Å²) in [7, 11) is 5.05. The number of nitrogens with one attached hydrogen (secondary N) is 1. The molecular weight excluding hydrogens is 230 g/mol. The number of ether oxygens (including phenoxy) is 3. The Hall–Kier alpha value is -1.26. The van der Waals surface area contributed by atoms with E-state index in [1.807, 2.05) is 0 Å². The Balaban J connectivity index is 2.40. The molecule has 4 heteroatoms. The van der Waals surface area contributed by atoms with Crippen molar-refractivity contribution >= 4 is 0 Å². The largest absolute Gasteiger partial charge is 0.493 e. The van der Waals surface area contributed by atoms with E-state index in [4.69, 9.17) is 14.2 Å². The van der Waals surface area contributed by atoms with Gasteiger partial charge in [-0.25, -0.2) is 0 Å². The standard InChI is InChI=1S/C14H21NO3/c1-16-9-11-4-5-12(10-6-7-15-8-10)14(18-3)13(11)17-2/h4-5,10,15H,6-9H2,1-3H3. The van der Waals surface area contributed by atoms with Crippen molar-refractivity contribution in [3.8, 4) is 11.5 Å². The van der Waals surface area contributed by atoms with Gasteiger partial charge < -0.3 is 19.5 Å². The summed E-state index contributed by atoms with van der Waals surface area (Å²) in [4.78, 5) is 0. The molecule has 18 heavy (non-hydrogen) atoms. The maximum Gasteiger partial charge on any atom is 0.166 e. The first-order chi connectivity index (χ1) is 8.81. The molecule has 0 radical (unpaired) electrons. The van der Waals surface area contributed by atoms with Gasteiger partial charge in [-0.05, 0) is 13.0 Å². The lowest BCUT2D eigenvalue weighted by atomic mass is 9.95. The van der Waals surface area contributed by atoms with Gasteiger partial charge in [-0.15, -0.1) is 0 Å². The van der Waals surface area contributed by atoms with Gasteiger partial charge in [0.15, 0.2) is 11.5 Å². The van der Waals surface area contributed by atoms with Gasteiger partial charge in [0, 0.05) is 30.7 Å². The predicted molar refractivity (Wildman–Crippen MR) is 70.5 cm³/mol. The topological polar surface area (TPSA) is 39.7 Å². The van der Waals surface area contributed by atoms with E-state index >= 15 is 0 Å². The number of benzene rings is 1. The van der Waals surface area contributed by atoms with Crippen molar-refractivity contribution in [3.05, 3.63) is 23.3 Å². The molecule has 1 aliphatic rings. The zero-order chi connectivity index (χ0) is 13.0. The first-order valence-corrected chi connectivity index (χ1v) is 6.25. The lowest BCUT2D eigenvalue weighted by Gasteiger charge is -2.19. The van der Waals surface area contributed by atoms with E-state index in [0.29, 0.717) is 12.5 Å². The number of hydrogen-bond donors (Lipinski definition) is 1. The fourth-order valence-electron chi connectivity index (χ4n) is 2.56. The SMILES string of the molecule is COCc1ccc(C2CCNC2)c(OC)c1OC. The summed E-state index contributed by atoms with van der Waals surface area (Å²) >= 11 is 0. The molecule has 1 saturated heterocycles. The molecule has 0 spiro atoms. The molecule has 1 heterocycles. The third kappa shape index (κ3) is 2.44. The van der Waals surface area contributed by atoms with E-state index < -0.39 is 0 Å². The second-order valence-electron chi connectivity index (χ2n) is 4.50. The molecule has 1 N–H and O–H groups in total. The van der Waals surface area contributed by atoms with E-state index in [1.54, 1.807) is 21.3 Å². The Bertz CT molecular complexity index is 400. The molecule has 100 valence electrons. The second kappa shape index (κ2) is 6.07. The summed E-state index contributed by atoms with van der Waals surface area (Å²) < 4.78 is 16.2. The van der Waals surface area contributed by atoms with Gasteiger partial charge in [0.2, 0.25) is 0 Å². The maximum atomic E-state index is 5.56. The van der Waals surface area contributed by atoms with Gasteiger partial charge in [0.1, 0.15) is 0 Å². The van der Waals surface area contributed by atoms with Crippen LogP contribution in [0, 0.1) is 0 Å². The number of methoxy groups -OCH3 is 3. The molecule has 1 fully saturated rings. The smallest absolute Gasteiger partial charge is 0.166 e. The van der Waals surface area contributed by atoms with Gasteiger partial charge >= 0.3 is 0 Å². The van der Waals surface area contributed by atoms with Gasteiger partial charge in [0.05, 0.1) is 20.8 Å². The summed E-state index contributed by atoms with van der Waals surface area (Å²) in [5.74, 6) is 2.15. The van der Waals surface area contributed by atoms with Gasteiger partial charge in [-0.2, -0.15) is 0 Å². The fourth-order valence-corrected chi connectivity index (χ4v) is 2.56. The van der Waals surface area contributed by atoms with E-state index in [0.717, 1.165) is 36.6 Å². The van der Waals surface area contributed by atoms with E-state index in [9.17, 15) is 0 Å². The minimum absolute atomic E-state index is 0.505. The van der Waals surface area contributed by atoms with Crippen LogP contribution in [0.2, 0.25) is 0 Å². The van der Waals surface area contributed by atoms with Crippen LogP contribution >= 0.6 is 0 Å². The Labute approximate surface area is 108 Å². The van der Waals surface area contributed by atoms with Crippen molar-refractivity contribution in [2.75, 3.05) is 34.4 Å². The Morgan fingerprint density at radius 3 is 2.50 bits per heavy atom. The van der Waals surface area contributed by atoms with Crippen molar-refractivity contribution in [2.24, 2.45) is 0 Å². The number of hydrogen-bond acceptors (Lipinski definition) is 4. The van der Waals surface area contributed by atoms with Gasteiger partial charge in [-0.1, -0.05) is 12.1 Å². The molecule has 1 atom stereocenters. The third-order valence-electron chi connectivity index (χ3n) is 3.43. The third-order valence-corrected chi connectivity index (χ3v) is 3.43. The molecule has 1 aromatic carbocycles. The fraction of sp³-hybridized carbons (Fsp3) is 0.571. The summed E-state index contributed by atoms with van der Waals surface area (Å²) in [6.45, 7) is 2.60. The highest BCUT2D eigenvalue weighted by molar-refractivity contribution is 5.53. The average Bonchev–Trinajstić information content (AvgIpc) is 2.92. The second-order valence-corrected chi connectivity index (χ2v) is 4.50. The highest BCUT2D eigenvalue weighted by atomic mass is 16.5. The van der Waals surface area contributed by atoms with E-state index in [2.05, 4.69) is 17.4 Å². The Morgan fingerprint density at radius 1 is 1.17 bits per heavy atom. The minimum Gasteiger partial charge on any atom is -0.493 e. The van der Waals surface area contributed by atoms with Crippen LogP contribution in [-0.2, 0) is 11.3 Å². The van der Waals surface area contributed by atoms with Crippen molar-refractivity contribution in [1.29, 1.82) is 0 Å². The van der Waals surface area contributed by atoms with Crippen LogP contribution in [0.4, 0.5) is 0 Å². The van der Waals surface area contributed by atoms with Gasteiger partial charge in [-0.3, -0.25) is 0 Å². The van der Waals surface area contributed by atoms with Crippen molar-refractivity contribution in [2.45, 2.75) is 18.9 Å². The number of rotatable bonds is 5. The van der Waals surface area contributed by atoms with Crippen LogP contribution in [0.25, 0.3) is 0 Å². The highest BCUT2D eigenvalue weighted by Crippen LogP contribution is 2.40. The molecule has 1 unspecified atom stereocenters. The summed E-state index contributed by atoms with van der Waals surface area (Å²) in [5, 5.41) is 3.38. The summed E-state index contributed by atoms with van der Waals surface area (Å²) in [5.41, 5.74) is 2.24. The van der Waals surface area contributed by atoms with Crippen molar-refractivity contribution in [3.63, 3.8) is 0 Å². The molecule has 0 amide bonds. The van der Waals surface area contributed by atoms with Crippen LogP contribution in [0.1, 0.15) is 23.5 Å².